The summed E-state index contributed by atoms with van der Waals surface area (Å²) in [4.78, 5) is 21.9. The Kier molecular flexibility index (Phi) is 6.31. The Morgan fingerprint density at radius 1 is 1.09 bits per heavy atom. The van der Waals surface area contributed by atoms with Crippen molar-refractivity contribution in [3.63, 3.8) is 0 Å². The minimum atomic E-state index is -3.62. The van der Waals surface area contributed by atoms with Crippen molar-refractivity contribution in [3.05, 3.63) is 45.6 Å². The zero-order valence-electron chi connectivity index (χ0n) is 18.0. The Hall–Kier alpha value is -2.39. The van der Waals surface area contributed by atoms with E-state index in [0.29, 0.717) is 25.2 Å². The van der Waals surface area contributed by atoms with Crippen molar-refractivity contribution in [2.75, 3.05) is 37.6 Å². The third-order valence-corrected chi connectivity index (χ3v) is 6.38. The molecule has 0 saturated carbocycles. The molecule has 0 radical (unpaired) electrons. The molecule has 0 amide bonds. The van der Waals surface area contributed by atoms with Gasteiger partial charge in [-0.2, -0.15) is 0 Å². The van der Waals surface area contributed by atoms with E-state index in [4.69, 9.17) is 4.74 Å². The monoisotopic (exact) mass is 468 g/mol. The van der Waals surface area contributed by atoms with Gasteiger partial charge in [-0.3, -0.25) is 14.3 Å². The van der Waals surface area contributed by atoms with Crippen LogP contribution in [0.3, 0.4) is 0 Å². The number of benzene rings is 1. The molecule has 3 aliphatic heterocycles. The number of ether oxygens (including phenoxy) is 2. The van der Waals surface area contributed by atoms with Crippen LogP contribution >= 0.6 is 12.4 Å². The topological polar surface area (TPSA) is 59.8 Å². The van der Waals surface area contributed by atoms with Gasteiger partial charge < -0.3 is 14.4 Å². The first kappa shape index (κ1) is 22.8. The highest BCUT2D eigenvalue weighted by Gasteiger charge is 2.45. The average Bonchev–Trinajstić information content (AvgIpc) is 3.08. The molecule has 1 aromatic carbocycles. The van der Waals surface area contributed by atoms with Crippen molar-refractivity contribution >= 4 is 18.1 Å². The highest BCUT2D eigenvalue weighted by molar-refractivity contribution is 5.85. The molecule has 5 rings (SSSR count). The van der Waals surface area contributed by atoms with E-state index < -0.39 is 6.29 Å². The Bertz CT molecular complexity index is 1050. The van der Waals surface area contributed by atoms with Crippen molar-refractivity contribution in [1.82, 2.24) is 14.5 Å². The number of piperazine rings is 1. The zero-order chi connectivity index (χ0) is 21.6. The summed E-state index contributed by atoms with van der Waals surface area (Å²) in [6, 6.07) is 4.97. The van der Waals surface area contributed by atoms with Crippen molar-refractivity contribution < 1.29 is 18.3 Å². The first-order valence-electron chi connectivity index (χ1n) is 10.9. The van der Waals surface area contributed by atoms with Crippen LogP contribution in [0.1, 0.15) is 29.9 Å². The largest absolute Gasteiger partial charge is 0.586 e. The number of hydrogen-bond donors (Lipinski definition) is 0. The van der Waals surface area contributed by atoms with Gasteiger partial charge in [-0.05, 0) is 38.3 Å². The van der Waals surface area contributed by atoms with E-state index >= 15 is 0 Å². The van der Waals surface area contributed by atoms with Gasteiger partial charge in [-0.1, -0.05) is 6.07 Å². The van der Waals surface area contributed by atoms with E-state index in [1.165, 1.54) is 6.07 Å². The number of aromatic nitrogens is 2. The third-order valence-electron chi connectivity index (χ3n) is 6.38. The van der Waals surface area contributed by atoms with Crippen LogP contribution in [-0.2, 0) is 19.4 Å². The fourth-order valence-corrected chi connectivity index (χ4v) is 4.70. The molecule has 4 heterocycles. The van der Waals surface area contributed by atoms with Gasteiger partial charge >= 0.3 is 6.29 Å². The van der Waals surface area contributed by atoms with Crippen molar-refractivity contribution in [2.45, 2.75) is 45.4 Å². The minimum Gasteiger partial charge on any atom is -0.395 e. The Labute approximate surface area is 191 Å². The lowest BCUT2D eigenvalue weighted by Crippen LogP contribution is -2.47. The molecule has 1 saturated heterocycles. The standard InChI is InChI=1S/C22H26F2N4O3.ClH/c1-15-16(21(29)28-9-3-2-7-19(28)25-15)8-10-26-11-13-27(14-12-26)17-5-4-6-18-20(17)31-22(23,24)30-18;/h4-6H,2-3,7-14H2,1H3;1H. The number of rotatable bonds is 4. The molecule has 0 spiro atoms. The number of aryl methyl sites for hydroxylation is 2. The zero-order valence-corrected chi connectivity index (χ0v) is 18.8. The number of fused-ring (bicyclic) bond motifs is 2. The molecule has 0 aliphatic carbocycles. The summed E-state index contributed by atoms with van der Waals surface area (Å²) in [5.74, 6) is 1.09. The molecule has 0 atom stereocenters. The van der Waals surface area contributed by atoms with Crippen LogP contribution in [0, 0.1) is 6.92 Å². The predicted molar refractivity (Wildman–Crippen MR) is 118 cm³/mol. The molecule has 2 aromatic rings. The van der Waals surface area contributed by atoms with E-state index in [1.54, 1.807) is 12.1 Å². The lowest BCUT2D eigenvalue weighted by molar-refractivity contribution is -0.286. The molecule has 7 nitrogen and oxygen atoms in total. The van der Waals surface area contributed by atoms with Gasteiger partial charge in [0.1, 0.15) is 5.82 Å². The Balaban J connectivity index is 0.00000245. The van der Waals surface area contributed by atoms with Crippen molar-refractivity contribution in [1.29, 1.82) is 0 Å². The molecule has 10 heteroatoms. The second-order valence-corrected chi connectivity index (χ2v) is 8.36. The van der Waals surface area contributed by atoms with E-state index in [1.807, 2.05) is 16.4 Å². The smallest absolute Gasteiger partial charge is 0.395 e. The molecule has 1 aromatic heterocycles. The summed E-state index contributed by atoms with van der Waals surface area (Å²) in [6.45, 7) is 6.39. The number of halogens is 3. The van der Waals surface area contributed by atoms with Gasteiger partial charge in [0, 0.05) is 56.9 Å². The molecule has 0 bridgehead atoms. The highest BCUT2D eigenvalue weighted by atomic mass is 35.5. The van der Waals surface area contributed by atoms with Crippen LogP contribution in [0.4, 0.5) is 14.5 Å². The Morgan fingerprint density at radius 2 is 1.88 bits per heavy atom. The number of hydrogen-bond acceptors (Lipinski definition) is 6. The summed E-state index contributed by atoms with van der Waals surface area (Å²) < 4.78 is 38.1. The van der Waals surface area contributed by atoms with Crippen LogP contribution in [0.25, 0.3) is 0 Å². The number of nitrogens with zero attached hydrogens (tertiary/aromatic N) is 4. The lowest BCUT2D eigenvalue weighted by atomic mass is 10.1. The van der Waals surface area contributed by atoms with Crippen LogP contribution < -0.4 is 19.9 Å². The van der Waals surface area contributed by atoms with Gasteiger partial charge in [0.25, 0.3) is 5.56 Å². The Morgan fingerprint density at radius 3 is 2.66 bits per heavy atom. The van der Waals surface area contributed by atoms with Crippen molar-refractivity contribution in [3.8, 4) is 11.5 Å². The van der Waals surface area contributed by atoms with Crippen LogP contribution in [0.2, 0.25) is 0 Å². The van der Waals surface area contributed by atoms with Crippen LogP contribution in [-0.4, -0.2) is 53.5 Å². The molecular weight excluding hydrogens is 442 g/mol. The maximum absolute atomic E-state index is 13.5. The van der Waals surface area contributed by atoms with E-state index in [-0.39, 0.29) is 29.5 Å². The summed E-state index contributed by atoms with van der Waals surface area (Å²) in [7, 11) is 0. The first-order chi connectivity index (χ1) is 14.9. The molecule has 3 aliphatic rings. The molecule has 1 fully saturated rings. The quantitative estimate of drug-likeness (QED) is 0.687. The SMILES string of the molecule is Cc1nc2n(c(=O)c1CCN1CCN(c3cccc4c3OC(F)(F)O4)CC1)CCCC2.Cl. The molecule has 32 heavy (non-hydrogen) atoms. The third kappa shape index (κ3) is 4.28. The number of alkyl halides is 2. The lowest BCUT2D eigenvalue weighted by Gasteiger charge is -2.36. The van der Waals surface area contributed by atoms with Crippen molar-refractivity contribution in [2.24, 2.45) is 0 Å². The summed E-state index contributed by atoms with van der Waals surface area (Å²) in [5.41, 5.74) is 2.39. The normalized spacial score (nSPS) is 19.4. The van der Waals surface area contributed by atoms with Gasteiger partial charge in [0.15, 0.2) is 11.5 Å². The average molecular weight is 469 g/mol. The van der Waals surface area contributed by atoms with Gasteiger partial charge in [0.2, 0.25) is 0 Å². The maximum atomic E-state index is 13.5. The number of anilines is 1. The molecular formula is C22H27ClF2N4O3. The van der Waals surface area contributed by atoms with E-state index in [9.17, 15) is 13.6 Å². The fraction of sp³-hybridized carbons (Fsp3) is 0.545. The van der Waals surface area contributed by atoms with Gasteiger partial charge in [-0.15, -0.1) is 21.2 Å². The fourth-order valence-electron chi connectivity index (χ4n) is 4.70. The van der Waals surface area contributed by atoms with Gasteiger partial charge in [0.05, 0.1) is 5.69 Å². The first-order valence-corrected chi connectivity index (χ1v) is 10.9. The molecule has 174 valence electrons. The summed E-state index contributed by atoms with van der Waals surface area (Å²) >= 11 is 0. The van der Waals surface area contributed by atoms with E-state index in [0.717, 1.165) is 62.5 Å². The predicted octanol–water partition coefficient (Wildman–Crippen LogP) is 3.00. The molecule has 0 unspecified atom stereocenters. The minimum absolute atomic E-state index is 0. The summed E-state index contributed by atoms with van der Waals surface area (Å²) in [5, 5.41) is 0. The second kappa shape index (κ2) is 8.86. The van der Waals surface area contributed by atoms with E-state index in [2.05, 4.69) is 14.6 Å². The highest BCUT2D eigenvalue weighted by Crippen LogP contribution is 2.47. The summed E-state index contributed by atoms with van der Waals surface area (Å²) in [6.07, 6.45) is 0.0526. The maximum Gasteiger partial charge on any atom is 0.586 e. The van der Waals surface area contributed by atoms with Crippen LogP contribution in [0.5, 0.6) is 11.5 Å². The number of para-hydroxylation sites is 1. The van der Waals surface area contributed by atoms with Gasteiger partial charge in [-0.25, -0.2) is 4.98 Å². The second-order valence-electron chi connectivity index (χ2n) is 8.36. The van der Waals surface area contributed by atoms with Crippen LogP contribution in [0.15, 0.2) is 23.0 Å². The molecule has 0 N–H and O–H groups in total.